The molecule has 2 rings (SSSR count). The van der Waals surface area contributed by atoms with Gasteiger partial charge in [0.15, 0.2) is 5.82 Å². The van der Waals surface area contributed by atoms with E-state index in [1.54, 1.807) is 6.20 Å². The molecular weight excluding hydrogens is 214 g/mol. The molecule has 0 atom stereocenters. The van der Waals surface area contributed by atoms with Gasteiger partial charge in [0.25, 0.3) is 5.88 Å². The monoisotopic (exact) mass is 229 g/mol. The minimum atomic E-state index is 0.297. The molecule has 0 bridgehead atoms. The predicted octanol–water partition coefficient (Wildman–Crippen LogP) is 2.78. The molecule has 0 aliphatic carbocycles. The van der Waals surface area contributed by atoms with E-state index < -0.39 is 0 Å². The molecule has 2 aromatic rings. The molecular formula is C13H15N3O. The number of hydrogen-bond acceptors (Lipinski definition) is 4. The fourth-order valence-corrected chi connectivity index (χ4v) is 1.63. The highest BCUT2D eigenvalue weighted by molar-refractivity contribution is 5.47. The van der Waals surface area contributed by atoms with Crippen molar-refractivity contribution in [2.45, 2.75) is 20.8 Å². The first-order chi connectivity index (χ1) is 8.08. The van der Waals surface area contributed by atoms with Gasteiger partial charge in [0.2, 0.25) is 0 Å². The third kappa shape index (κ3) is 2.36. The summed E-state index contributed by atoms with van der Waals surface area (Å²) in [4.78, 5) is 8.00. The molecule has 88 valence electrons. The molecule has 1 aromatic carbocycles. The number of anilines is 1. The van der Waals surface area contributed by atoms with Gasteiger partial charge in [0.05, 0.1) is 0 Å². The average molecular weight is 229 g/mol. The van der Waals surface area contributed by atoms with Crippen LogP contribution in [0.15, 0.2) is 24.5 Å². The topological polar surface area (TPSA) is 61.0 Å². The van der Waals surface area contributed by atoms with Crippen LogP contribution in [0.4, 0.5) is 5.82 Å². The number of benzene rings is 1. The Morgan fingerprint density at radius 2 is 1.76 bits per heavy atom. The Bertz CT molecular complexity index is 552. The lowest BCUT2D eigenvalue weighted by molar-refractivity contribution is 0.459. The number of aromatic nitrogens is 2. The Morgan fingerprint density at radius 3 is 2.47 bits per heavy atom. The third-order valence-corrected chi connectivity index (χ3v) is 2.66. The summed E-state index contributed by atoms with van der Waals surface area (Å²) in [7, 11) is 0. The smallest absolute Gasteiger partial charge is 0.262 e. The lowest BCUT2D eigenvalue weighted by atomic mass is 10.1. The van der Waals surface area contributed by atoms with Crippen molar-refractivity contribution < 1.29 is 4.74 Å². The number of nitrogens with zero attached hydrogens (tertiary/aromatic N) is 2. The van der Waals surface area contributed by atoms with E-state index in [-0.39, 0.29) is 0 Å². The number of ether oxygens (including phenoxy) is 1. The largest absolute Gasteiger partial charge is 0.436 e. The van der Waals surface area contributed by atoms with E-state index in [9.17, 15) is 0 Å². The fourth-order valence-electron chi connectivity index (χ4n) is 1.63. The quantitative estimate of drug-likeness (QED) is 0.860. The summed E-state index contributed by atoms with van der Waals surface area (Å²) < 4.78 is 5.70. The Hall–Kier alpha value is -2.10. The van der Waals surface area contributed by atoms with Crippen LogP contribution in [0.5, 0.6) is 11.6 Å². The van der Waals surface area contributed by atoms with Crippen molar-refractivity contribution in [3.8, 4) is 11.6 Å². The second-order valence-electron chi connectivity index (χ2n) is 4.05. The van der Waals surface area contributed by atoms with E-state index in [1.165, 1.54) is 11.8 Å². The Balaban J connectivity index is 2.40. The lowest BCUT2D eigenvalue weighted by Gasteiger charge is -2.11. The Labute approximate surface area is 100 Å². The van der Waals surface area contributed by atoms with E-state index in [0.29, 0.717) is 11.7 Å². The van der Waals surface area contributed by atoms with Crippen LogP contribution in [0, 0.1) is 20.8 Å². The van der Waals surface area contributed by atoms with Crippen molar-refractivity contribution in [3.05, 3.63) is 41.2 Å². The van der Waals surface area contributed by atoms with Gasteiger partial charge in [0, 0.05) is 12.4 Å². The van der Waals surface area contributed by atoms with Crippen molar-refractivity contribution in [1.82, 2.24) is 9.97 Å². The highest BCUT2D eigenvalue weighted by Crippen LogP contribution is 2.29. The average Bonchev–Trinajstić information content (AvgIpc) is 2.28. The molecule has 4 nitrogen and oxygen atoms in total. The predicted molar refractivity (Wildman–Crippen MR) is 67.2 cm³/mol. The van der Waals surface area contributed by atoms with Crippen LogP contribution < -0.4 is 10.5 Å². The third-order valence-electron chi connectivity index (χ3n) is 2.66. The molecule has 1 aromatic heterocycles. The standard InChI is InChI=1S/C13H15N3O/c1-8-6-9(2)10(3)11(7-8)17-13-12(14)15-4-5-16-13/h4-7H,1-3H3,(H2,14,15). The summed E-state index contributed by atoms with van der Waals surface area (Å²) in [5.74, 6) is 1.42. The minimum Gasteiger partial charge on any atom is -0.436 e. The van der Waals surface area contributed by atoms with Gasteiger partial charge in [-0.2, -0.15) is 0 Å². The van der Waals surface area contributed by atoms with E-state index >= 15 is 0 Å². The van der Waals surface area contributed by atoms with Crippen LogP contribution >= 0.6 is 0 Å². The zero-order valence-corrected chi connectivity index (χ0v) is 10.2. The maximum Gasteiger partial charge on any atom is 0.262 e. The molecule has 0 saturated carbocycles. The summed E-state index contributed by atoms with van der Waals surface area (Å²) in [5.41, 5.74) is 9.11. The van der Waals surface area contributed by atoms with Crippen molar-refractivity contribution in [2.24, 2.45) is 0 Å². The normalized spacial score (nSPS) is 10.3. The molecule has 17 heavy (non-hydrogen) atoms. The maximum absolute atomic E-state index is 5.70. The zero-order chi connectivity index (χ0) is 12.4. The van der Waals surface area contributed by atoms with Crippen LogP contribution in [0.25, 0.3) is 0 Å². The molecule has 0 aliphatic rings. The van der Waals surface area contributed by atoms with Crippen molar-refractivity contribution in [3.63, 3.8) is 0 Å². The Morgan fingerprint density at radius 1 is 1.06 bits per heavy atom. The molecule has 0 spiro atoms. The first-order valence-corrected chi connectivity index (χ1v) is 5.40. The van der Waals surface area contributed by atoms with Crippen LogP contribution in [0.3, 0.4) is 0 Å². The van der Waals surface area contributed by atoms with Crippen molar-refractivity contribution in [1.29, 1.82) is 0 Å². The molecule has 0 radical (unpaired) electrons. The fraction of sp³-hybridized carbons (Fsp3) is 0.231. The number of rotatable bonds is 2. The molecule has 2 N–H and O–H groups in total. The lowest BCUT2D eigenvalue weighted by Crippen LogP contribution is -1.99. The van der Waals surface area contributed by atoms with Crippen LogP contribution in [-0.2, 0) is 0 Å². The summed E-state index contributed by atoms with van der Waals surface area (Å²) in [5, 5.41) is 0. The van der Waals surface area contributed by atoms with Gasteiger partial charge in [-0.1, -0.05) is 6.07 Å². The summed E-state index contributed by atoms with van der Waals surface area (Å²) in [6.07, 6.45) is 3.10. The summed E-state index contributed by atoms with van der Waals surface area (Å²) in [6.45, 7) is 6.09. The van der Waals surface area contributed by atoms with Crippen LogP contribution in [0.1, 0.15) is 16.7 Å². The molecule has 0 fully saturated rings. The molecule has 0 amide bonds. The number of hydrogen-bond donors (Lipinski definition) is 1. The summed E-state index contributed by atoms with van der Waals surface area (Å²) in [6, 6.07) is 4.08. The first kappa shape index (κ1) is 11.4. The maximum atomic E-state index is 5.70. The van der Waals surface area contributed by atoms with E-state index in [1.807, 2.05) is 19.9 Å². The number of nitrogen functional groups attached to an aromatic ring is 1. The minimum absolute atomic E-state index is 0.297. The first-order valence-electron chi connectivity index (χ1n) is 5.40. The van der Waals surface area contributed by atoms with Gasteiger partial charge in [-0.15, -0.1) is 0 Å². The van der Waals surface area contributed by atoms with E-state index in [2.05, 4.69) is 23.0 Å². The van der Waals surface area contributed by atoms with Crippen LogP contribution in [0.2, 0.25) is 0 Å². The van der Waals surface area contributed by atoms with E-state index in [4.69, 9.17) is 10.5 Å². The highest BCUT2D eigenvalue weighted by atomic mass is 16.5. The second-order valence-corrected chi connectivity index (χ2v) is 4.05. The number of aryl methyl sites for hydroxylation is 2. The van der Waals surface area contributed by atoms with Gasteiger partial charge >= 0.3 is 0 Å². The van der Waals surface area contributed by atoms with Gasteiger partial charge in [-0.25, -0.2) is 9.97 Å². The SMILES string of the molecule is Cc1cc(C)c(C)c(Oc2nccnc2N)c1. The summed E-state index contributed by atoms with van der Waals surface area (Å²) >= 11 is 0. The van der Waals surface area contributed by atoms with Gasteiger partial charge in [-0.3, -0.25) is 0 Å². The second kappa shape index (κ2) is 4.41. The van der Waals surface area contributed by atoms with Crippen molar-refractivity contribution in [2.75, 3.05) is 5.73 Å². The molecule has 0 unspecified atom stereocenters. The molecule has 0 aliphatic heterocycles. The molecule has 0 saturated heterocycles. The van der Waals surface area contributed by atoms with Crippen molar-refractivity contribution >= 4 is 5.82 Å². The highest BCUT2D eigenvalue weighted by Gasteiger charge is 2.08. The van der Waals surface area contributed by atoms with E-state index in [0.717, 1.165) is 16.9 Å². The van der Waals surface area contributed by atoms with Gasteiger partial charge < -0.3 is 10.5 Å². The Kier molecular flexibility index (Phi) is 2.95. The number of nitrogens with two attached hydrogens (primary N) is 1. The van der Waals surface area contributed by atoms with Gasteiger partial charge in [-0.05, 0) is 43.5 Å². The molecule has 4 heteroatoms. The van der Waals surface area contributed by atoms with Crippen LogP contribution in [-0.4, -0.2) is 9.97 Å². The molecule has 1 heterocycles. The zero-order valence-electron chi connectivity index (χ0n) is 10.2. The van der Waals surface area contributed by atoms with Gasteiger partial charge in [0.1, 0.15) is 5.75 Å².